The smallest absolute Gasteiger partial charge is 0.326 e. The molecule has 0 spiro atoms. The maximum atomic E-state index is 12.8. The number of pyridine rings is 1. The maximum Gasteiger partial charge on any atom is 0.326 e. The lowest BCUT2D eigenvalue weighted by molar-refractivity contribution is -0.143. The number of hydrogen-bond donors (Lipinski definition) is 2. The summed E-state index contributed by atoms with van der Waals surface area (Å²) in [5.41, 5.74) is 3.10. The van der Waals surface area contributed by atoms with Crippen molar-refractivity contribution in [3.8, 4) is 22.8 Å². The van der Waals surface area contributed by atoms with Gasteiger partial charge in [0.1, 0.15) is 18.1 Å². The molecule has 1 aromatic heterocycles. The lowest BCUT2D eigenvalue weighted by Crippen LogP contribution is -2.40. The molecular formula is C27H27N3O5. The molecular weight excluding hydrogens is 446 g/mol. The Labute approximate surface area is 203 Å². The molecule has 3 aromatic rings. The molecule has 2 heterocycles. The number of hydrogen-bond acceptors (Lipinski definition) is 5. The van der Waals surface area contributed by atoms with Gasteiger partial charge in [-0.15, -0.1) is 0 Å². The molecule has 1 aliphatic heterocycles. The standard InChI is InChI=1S/C27H27N3O5/c31-26(32)18-6-9-21(10-7-18)35-22-11-12-23(28-17-22)19-8-13-24-25(16-19)34-15-14-30(24)27(33)29-20-4-2-1-3-5-20/h1-5,8,11-13,16-18,21H,6-7,9-10,14-15H2,(H,29,33)(H,31,32). The van der Waals surface area contributed by atoms with Gasteiger partial charge in [0.05, 0.1) is 36.1 Å². The van der Waals surface area contributed by atoms with E-state index in [2.05, 4.69) is 10.3 Å². The third-order valence-corrected chi connectivity index (χ3v) is 6.45. The van der Waals surface area contributed by atoms with E-state index in [1.807, 2.05) is 60.7 Å². The number of aliphatic carboxylic acids is 1. The molecule has 0 saturated heterocycles. The van der Waals surface area contributed by atoms with Gasteiger partial charge in [-0.2, -0.15) is 0 Å². The second kappa shape index (κ2) is 10.0. The molecule has 180 valence electrons. The summed E-state index contributed by atoms with van der Waals surface area (Å²) in [4.78, 5) is 30.2. The van der Waals surface area contributed by atoms with Crippen LogP contribution in [0.5, 0.6) is 11.5 Å². The van der Waals surface area contributed by atoms with Crippen LogP contribution in [0.15, 0.2) is 66.9 Å². The van der Waals surface area contributed by atoms with Crippen LogP contribution < -0.4 is 19.7 Å². The maximum absolute atomic E-state index is 12.8. The lowest BCUT2D eigenvalue weighted by atomic mass is 9.87. The number of carboxylic acids is 1. The van der Waals surface area contributed by atoms with E-state index in [1.165, 1.54) is 0 Å². The van der Waals surface area contributed by atoms with Crippen molar-refractivity contribution in [2.24, 2.45) is 5.92 Å². The molecule has 1 aliphatic carbocycles. The summed E-state index contributed by atoms with van der Waals surface area (Å²) < 4.78 is 11.9. The average molecular weight is 474 g/mol. The number of urea groups is 1. The highest BCUT2D eigenvalue weighted by Crippen LogP contribution is 2.36. The fraction of sp³-hybridized carbons (Fsp3) is 0.296. The Kier molecular flexibility index (Phi) is 6.52. The number of anilines is 2. The summed E-state index contributed by atoms with van der Waals surface area (Å²) in [5, 5.41) is 12.1. The zero-order chi connectivity index (χ0) is 24.2. The summed E-state index contributed by atoms with van der Waals surface area (Å²) in [6.07, 6.45) is 4.45. The molecule has 0 unspecified atom stereocenters. The first-order valence-electron chi connectivity index (χ1n) is 11.8. The summed E-state index contributed by atoms with van der Waals surface area (Å²) in [6.45, 7) is 0.868. The highest BCUT2D eigenvalue weighted by atomic mass is 16.5. The van der Waals surface area contributed by atoms with E-state index in [0.717, 1.165) is 29.8 Å². The summed E-state index contributed by atoms with van der Waals surface area (Å²) in [5.74, 6) is 0.324. The number of carbonyl (C=O) groups excluding carboxylic acids is 1. The Hall–Kier alpha value is -4.07. The van der Waals surface area contributed by atoms with Crippen molar-refractivity contribution in [1.82, 2.24) is 4.98 Å². The topological polar surface area (TPSA) is 101 Å². The third-order valence-electron chi connectivity index (χ3n) is 6.45. The minimum Gasteiger partial charge on any atom is -0.490 e. The van der Waals surface area contributed by atoms with Gasteiger partial charge in [0.25, 0.3) is 0 Å². The molecule has 2 amide bonds. The highest BCUT2D eigenvalue weighted by Gasteiger charge is 2.27. The van der Waals surface area contributed by atoms with Gasteiger partial charge in [0, 0.05) is 11.3 Å². The molecule has 2 aliphatic rings. The summed E-state index contributed by atoms with van der Waals surface area (Å²) in [6, 6.07) is 18.6. The lowest BCUT2D eigenvalue weighted by Gasteiger charge is -2.30. The van der Waals surface area contributed by atoms with Gasteiger partial charge in [-0.25, -0.2) is 4.79 Å². The van der Waals surface area contributed by atoms with Crippen molar-refractivity contribution in [1.29, 1.82) is 0 Å². The van der Waals surface area contributed by atoms with Crippen molar-refractivity contribution in [2.75, 3.05) is 23.4 Å². The van der Waals surface area contributed by atoms with Crippen LogP contribution in [0.4, 0.5) is 16.2 Å². The van der Waals surface area contributed by atoms with Gasteiger partial charge in [0.2, 0.25) is 0 Å². The molecule has 0 atom stereocenters. The number of para-hydroxylation sites is 1. The third kappa shape index (κ3) is 5.21. The molecule has 0 bridgehead atoms. The number of carboxylic acid groups (broad SMARTS) is 1. The molecule has 0 radical (unpaired) electrons. The molecule has 8 nitrogen and oxygen atoms in total. The van der Waals surface area contributed by atoms with Crippen LogP contribution in [-0.2, 0) is 4.79 Å². The SMILES string of the molecule is O=C(O)C1CCC(Oc2ccc(-c3ccc4c(c3)OCCN4C(=O)Nc3ccccc3)nc2)CC1. The molecule has 5 rings (SSSR count). The highest BCUT2D eigenvalue weighted by molar-refractivity contribution is 6.03. The number of ether oxygens (including phenoxy) is 2. The van der Waals surface area contributed by atoms with Crippen molar-refractivity contribution in [3.63, 3.8) is 0 Å². The number of amides is 2. The largest absolute Gasteiger partial charge is 0.490 e. The monoisotopic (exact) mass is 473 g/mol. The van der Waals surface area contributed by atoms with Gasteiger partial charge >= 0.3 is 12.0 Å². The van der Waals surface area contributed by atoms with E-state index in [0.29, 0.717) is 43.2 Å². The Morgan fingerprint density at radius 2 is 1.83 bits per heavy atom. The van der Waals surface area contributed by atoms with Gasteiger partial charge < -0.3 is 19.9 Å². The molecule has 2 N–H and O–H groups in total. The first kappa shape index (κ1) is 22.7. The number of aromatic nitrogens is 1. The number of nitrogens with zero attached hydrogens (tertiary/aromatic N) is 2. The van der Waals surface area contributed by atoms with E-state index in [9.17, 15) is 9.59 Å². The molecule has 1 fully saturated rings. The minimum absolute atomic E-state index is 0.0170. The van der Waals surface area contributed by atoms with Gasteiger partial charge in [0.15, 0.2) is 0 Å². The van der Waals surface area contributed by atoms with Crippen molar-refractivity contribution in [2.45, 2.75) is 31.8 Å². The summed E-state index contributed by atoms with van der Waals surface area (Å²) in [7, 11) is 0. The molecule has 8 heteroatoms. The zero-order valence-corrected chi connectivity index (χ0v) is 19.2. The molecule has 2 aromatic carbocycles. The Morgan fingerprint density at radius 1 is 1.03 bits per heavy atom. The van der Waals surface area contributed by atoms with Gasteiger partial charge in [-0.3, -0.25) is 14.7 Å². The molecule has 1 saturated carbocycles. The number of rotatable bonds is 5. The first-order valence-corrected chi connectivity index (χ1v) is 11.8. The van der Waals surface area contributed by atoms with Crippen LogP contribution >= 0.6 is 0 Å². The predicted octanol–water partition coefficient (Wildman–Crippen LogP) is 5.20. The Bertz CT molecular complexity index is 1190. The van der Waals surface area contributed by atoms with Crippen molar-refractivity contribution < 1.29 is 24.2 Å². The van der Waals surface area contributed by atoms with Crippen molar-refractivity contribution >= 4 is 23.4 Å². The van der Waals surface area contributed by atoms with E-state index >= 15 is 0 Å². The minimum atomic E-state index is -0.719. The van der Waals surface area contributed by atoms with E-state index in [1.54, 1.807) is 11.1 Å². The quantitative estimate of drug-likeness (QED) is 0.528. The zero-order valence-electron chi connectivity index (χ0n) is 19.2. The van der Waals surface area contributed by atoms with Crippen LogP contribution in [-0.4, -0.2) is 41.3 Å². The first-order chi connectivity index (χ1) is 17.1. The van der Waals surface area contributed by atoms with Gasteiger partial charge in [-0.1, -0.05) is 24.3 Å². The second-order valence-corrected chi connectivity index (χ2v) is 8.79. The van der Waals surface area contributed by atoms with E-state index in [4.69, 9.17) is 14.6 Å². The van der Waals surface area contributed by atoms with Gasteiger partial charge in [-0.05, 0) is 62.1 Å². The van der Waals surface area contributed by atoms with E-state index < -0.39 is 5.97 Å². The van der Waals surface area contributed by atoms with Crippen molar-refractivity contribution in [3.05, 3.63) is 66.9 Å². The fourth-order valence-corrected chi connectivity index (χ4v) is 4.54. The fourth-order valence-electron chi connectivity index (χ4n) is 4.54. The Morgan fingerprint density at radius 3 is 2.54 bits per heavy atom. The molecule has 35 heavy (non-hydrogen) atoms. The van der Waals surface area contributed by atoms with Crippen LogP contribution in [0.25, 0.3) is 11.3 Å². The van der Waals surface area contributed by atoms with Crippen LogP contribution in [0.2, 0.25) is 0 Å². The number of benzene rings is 2. The van der Waals surface area contributed by atoms with Crippen LogP contribution in [0, 0.1) is 5.92 Å². The second-order valence-electron chi connectivity index (χ2n) is 8.79. The summed E-state index contributed by atoms with van der Waals surface area (Å²) >= 11 is 0. The number of nitrogens with one attached hydrogen (secondary N) is 1. The number of fused-ring (bicyclic) bond motifs is 1. The Balaban J connectivity index is 1.25. The van der Waals surface area contributed by atoms with E-state index in [-0.39, 0.29) is 18.1 Å². The average Bonchev–Trinajstić information content (AvgIpc) is 2.89. The normalized spacial score (nSPS) is 19.3. The predicted molar refractivity (Wildman–Crippen MR) is 132 cm³/mol. The number of carbonyl (C=O) groups is 2. The van der Waals surface area contributed by atoms with Crippen LogP contribution in [0.3, 0.4) is 0 Å². The van der Waals surface area contributed by atoms with Crippen LogP contribution in [0.1, 0.15) is 25.7 Å².